The van der Waals surface area contributed by atoms with Crippen molar-refractivity contribution in [2.75, 3.05) is 0 Å². The lowest BCUT2D eigenvalue weighted by Gasteiger charge is -1.97. The maximum absolute atomic E-state index is 10.3. The van der Waals surface area contributed by atoms with Crippen LogP contribution in [0.15, 0.2) is 17.9 Å². The molecule has 0 aromatic rings. The second-order valence-electron chi connectivity index (χ2n) is 5.48. The molecule has 0 saturated carbocycles. The minimum absolute atomic E-state index is 0.320. The number of carbonyl (C=O) groups is 1. The highest BCUT2D eigenvalue weighted by Crippen LogP contribution is 2.08. The van der Waals surface area contributed by atoms with Gasteiger partial charge in [0, 0.05) is 6.42 Å². The first-order valence-electron chi connectivity index (χ1n) is 8.38. The highest BCUT2D eigenvalue weighted by molar-refractivity contribution is 5.66. The van der Waals surface area contributed by atoms with Crippen LogP contribution in [0.3, 0.4) is 0 Å². The van der Waals surface area contributed by atoms with Gasteiger partial charge in [0.05, 0.1) is 0 Å². The zero-order chi connectivity index (χ0) is 14.9. The number of hydrogen-bond donors (Lipinski definition) is 1. The lowest BCUT2D eigenvalue weighted by Crippen LogP contribution is -1.93. The van der Waals surface area contributed by atoms with Crippen LogP contribution in [0, 0.1) is 0 Å². The molecule has 20 heavy (non-hydrogen) atoms. The van der Waals surface area contributed by atoms with Gasteiger partial charge in [-0.2, -0.15) is 0 Å². The summed E-state index contributed by atoms with van der Waals surface area (Å²) in [6.45, 7) is 2.24. The molecule has 2 nitrogen and oxygen atoms in total. The summed E-state index contributed by atoms with van der Waals surface area (Å²) >= 11 is 0. The van der Waals surface area contributed by atoms with E-state index in [1.165, 1.54) is 44.9 Å². The smallest absolute Gasteiger partial charge is 0.303 e. The molecular weight excluding hydrogens is 248 g/mol. The number of carboxylic acids is 1. The van der Waals surface area contributed by atoms with E-state index in [-0.39, 0.29) is 0 Å². The van der Waals surface area contributed by atoms with Gasteiger partial charge in [0.1, 0.15) is 0 Å². The van der Waals surface area contributed by atoms with Crippen LogP contribution in [0.4, 0.5) is 0 Å². The molecule has 0 aliphatic rings. The van der Waals surface area contributed by atoms with Gasteiger partial charge in [-0.1, -0.05) is 51.9 Å². The number of aliphatic carboxylic acids is 1. The van der Waals surface area contributed by atoms with Crippen LogP contribution in [0.1, 0.15) is 90.4 Å². The van der Waals surface area contributed by atoms with Crippen molar-refractivity contribution in [3.8, 4) is 0 Å². The van der Waals surface area contributed by atoms with E-state index in [2.05, 4.69) is 24.8 Å². The Balaban J connectivity index is 3.20. The molecule has 0 spiro atoms. The molecule has 116 valence electrons. The Labute approximate surface area is 125 Å². The van der Waals surface area contributed by atoms with Gasteiger partial charge >= 0.3 is 5.97 Å². The predicted molar refractivity (Wildman–Crippen MR) is 86.0 cm³/mol. The number of unbranched alkanes of at least 4 members (excludes halogenated alkanes) is 10. The normalized spacial score (nSPS) is 10.1. The van der Waals surface area contributed by atoms with Crippen LogP contribution in [0.25, 0.3) is 0 Å². The molecule has 0 aliphatic heterocycles. The van der Waals surface area contributed by atoms with Gasteiger partial charge in [-0.15, -0.1) is 5.73 Å². The van der Waals surface area contributed by atoms with E-state index in [9.17, 15) is 4.79 Å². The highest BCUT2D eigenvalue weighted by Gasteiger charge is 1.95. The van der Waals surface area contributed by atoms with Crippen molar-refractivity contribution in [1.29, 1.82) is 0 Å². The average molecular weight is 280 g/mol. The largest absolute Gasteiger partial charge is 0.481 e. The zero-order valence-electron chi connectivity index (χ0n) is 13.2. The second-order valence-corrected chi connectivity index (χ2v) is 5.48. The minimum Gasteiger partial charge on any atom is -0.481 e. The van der Waals surface area contributed by atoms with Gasteiger partial charge in [0.15, 0.2) is 0 Å². The van der Waals surface area contributed by atoms with Gasteiger partial charge in [-0.25, -0.2) is 0 Å². The third-order valence-corrected chi connectivity index (χ3v) is 3.43. The molecule has 0 amide bonds. The molecule has 0 aromatic heterocycles. The van der Waals surface area contributed by atoms with Crippen LogP contribution in [-0.4, -0.2) is 11.1 Å². The van der Waals surface area contributed by atoms with Crippen molar-refractivity contribution in [1.82, 2.24) is 0 Å². The van der Waals surface area contributed by atoms with Gasteiger partial charge < -0.3 is 5.11 Å². The summed E-state index contributed by atoms with van der Waals surface area (Å²) in [6, 6.07) is 0. The van der Waals surface area contributed by atoms with Crippen molar-refractivity contribution in [2.45, 2.75) is 90.4 Å². The van der Waals surface area contributed by atoms with Crippen LogP contribution in [0.2, 0.25) is 0 Å². The monoisotopic (exact) mass is 280 g/mol. The van der Waals surface area contributed by atoms with E-state index in [4.69, 9.17) is 5.11 Å². The maximum atomic E-state index is 10.3. The van der Waals surface area contributed by atoms with E-state index in [1.807, 2.05) is 0 Å². The maximum Gasteiger partial charge on any atom is 0.303 e. The lowest BCUT2D eigenvalue weighted by molar-refractivity contribution is -0.137. The Bertz CT molecular complexity index is 275. The standard InChI is InChI=1S/C18H32O2/c1-2-3-4-5-6-7-8-9-10-11-12-13-14-15-16-17-18(19)20/h8,10H,2-7,11-17H2,1H3,(H,19,20). The Hall–Kier alpha value is -1.01. The summed E-state index contributed by atoms with van der Waals surface area (Å²) < 4.78 is 0. The molecule has 0 radical (unpaired) electrons. The summed E-state index contributed by atoms with van der Waals surface area (Å²) in [7, 11) is 0. The van der Waals surface area contributed by atoms with E-state index in [0.29, 0.717) is 6.42 Å². The summed E-state index contributed by atoms with van der Waals surface area (Å²) in [4.78, 5) is 10.3. The number of allylic oxidation sites excluding steroid dienone is 1. The summed E-state index contributed by atoms with van der Waals surface area (Å²) in [5.74, 6) is -0.673. The van der Waals surface area contributed by atoms with E-state index in [0.717, 1.165) is 32.1 Å². The summed E-state index contributed by atoms with van der Waals surface area (Å²) in [5, 5.41) is 8.50. The van der Waals surface area contributed by atoms with E-state index < -0.39 is 5.97 Å². The van der Waals surface area contributed by atoms with Crippen LogP contribution in [0.5, 0.6) is 0 Å². The fraction of sp³-hybridized carbons (Fsp3) is 0.778. The molecule has 1 N–H and O–H groups in total. The Morgan fingerprint density at radius 1 is 0.850 bits per heavy atom. The Kier molecular flexibility index (Phi) is 15.2. The van der Waals surface area contributed by atoms with Gasteiger partial charge in [-0.3, -0.25) is 4.79 Å². The van der Waals surface area contributed by atoms with Crippen molar-refractivity contribution in [2.24, 2.45) is 0 Å². The third kappa shape index (κ3) is 17.0. The first-order valence-corrected chi connectivity index (χ1v) is 8.38. The Morgan fingerprint density at radius 2 is 1.35 bits per heavy atom. The number of carboxylic acid groups (broad SMARTS) is 1. The summed E-state index contributed by atoms with van der Waals surface area (Å²) in [6.07, 6.45) is 19.0. The highest BCUT2D eigenvalue weighted by atomic mass is 16.4. The van der Waals surface area contributed by atoms with Gasteiger partial charge in [0.25, 0.3) is 0 Å². The molecule has 0 saturated heterocycles. The predicted octanol–water partition coefficient (Wildman–Crippen LogP) is 5.87. The molecule has 0 bridgehead atoms. The number of hydrogen-bond acceptors (Lipinski definition) is 1. The first kappa shape index (κ1) is 19.0. The van der Waals surface area contributed by atoms with Crippen LogP contribution in [-0.2, 0) is 4.79 Å². The molecule has 0 unspecified atom stereocenters. The van der Waals surface area contributed by atoms with Crippen LogP contribution < -0.4 is 0 Å². The summed E-state index contributed by atoms with van der Waals surface area (Å²) in [5.41, 5.74) is 3.27. The fourth-order valence-corrected chi connectivity index (χ4v) is 2.15. The number of rotatable bonds is 14. The first-order chi connectivity index (χ1) is 9.77. The molecular formula is C18H32O2. The molecule has 0 aliphatic carbocycles. The second kappa shape index (κ2) is 16.0. The van der Waals surface area contributed by atoms with Crippen molar-refractivity contribution in [3.05, 3.63) is 17.9 Å². The molecule has 2 heteroatoms. The molecule has 0 heterocycles. The van der Waals surface area contributed by atoms with Crippen LogP contribution >= 0.6 is 0 Å². The average Bonchev–Trinajstić information content (AvgIpc) is 2.43. The minimum atomic E-state index is -0.673. The van der Waals surface area contributed by atoms with E-state index >= 15 is 0 Å². The molecule has 0 rings (SSSR count). The van der Waals surface area contributed by atoms with E-state index in [1.54, 1.807) is 0 Å². The van der Waals surface area contributed by atoms with Crippen molar-refractivity contribution in [3.63, 3.8) is 0 Å². The third-order valence-electron chi connectivity index (χ3n) is 3.43. The zero-order valence-corrected chi connectivity index (χ0v) is 13.2. The van der Waals surface area contributed by atoms with Crippen molar-refractivity contribution >= 4 is 5.97 Å². The Morgan fingerprint density at radius 3 is 1.90 bits per heavy atom. The topological polar surface area (TPSA) is 37.3 Å². The van der Waals surface area contributed by atoms with Crippen molar-refractivity contribution < 1.29 is 9.90 Å². The molecule has 0 aromatic carbocycles. The lowest BCUT2D eigenvalue weighted by atomic mass is 10.1. The fourth-order valence-electron chi connectivity index (χ4n) is 2.15. The SMILES string of the molecule is CCCCCCCC=C=CCCCCCCCC(=O)O. The van der Waals surface area contributed by atoms with Gasteiger partial charge in [-0.05, 0) is 44.3 Å². The quantitative estimate of drug-likeness (QED) is 0.319. The van der Waals surface area contributed by atoms with Gasteiger partial charge in [0.2, 0.25) is 0 Å². The molecule has 0 atom stereocenters. The molecule has 0 fully saturated rings.